The quantitative estimate of drug-likeness (QED) is 0.310. The van der Waals surface area contributed by atoms with Crippen LogP contribution < -0.4 is 0 Å². The van der Waals surface area contributed by atoms with Crippen LogP contribution in [0.2, 0.25) is 0 Å². The minimum atomic E-state index is -0.591. The van der Waals surface area contributed by atoms with E-state index in [2.05, 4.69) is 15.2 Å². The molecule has 0 amide bonds. The molecule has 0 bridgehead atoms. The molecule has 1 aromatic rings. The Kier molecular flexibility index (Phi) is 2.85. The highest BCUT2D eigenvalue weighted by Crippen LogP contribution is 2.23. The number of aromatic nitrogens is 2. The zero-order valence-corrected chi connectivity index (χ0v) is 7.85. The summed E-state index contributed by atoms with van der Waals surface area (Å²) in [6, 6.07) is 0. The predicted molar refractivity (Wildman–Crippen MR) is 48.4 cm³/mol. The fourth-order valence-corrected chi connectivity index (χ4v) is 1.000. The number of nitrogens with zero attached hydrogens (tertiary/aromatic N) is 5. The van der Waals surface area contributed by atoms with Crippen LogP contribution in [0.25, 0.3) is 0 Å². The second-order valence-electron chi connectivity index (χ2n) is 2.33. The second-order valence-corrected chi connectivity index (χ2v) is 3.27. The van der Waals surface area contributed by atoms with Crippen LogP contribution >= 0.6 is 11.3 Å². The molecule has 0 aliphatic carbocycles. The van der Waals surface area contributed by atoms with Crippen LogP contribution in [0.1, 0.15) is 0 Å². The summed E-state index contributed by atoms with van der Waals surface area (Å²) in [4.78, 5) is 15.2. The first-order valence-corrected chi connectivity index (χ1v) is 4.10. The summed E-state index contributed by atoms with van der Waals surface area (Å²) in [7, 11) is 3.58. The number of nitro groups is 1. The smallest absolute Gasteiger partial charge is 0.369 e. The number of hydrogen-bond donors (Lipinski definition) is 0. The largest absolute Gasteiger partial charge is 0.452 e. The van der Waals surface area contributed by atoms with Gasteiger partial charge in [0.15, 0.2) is 0 Å². The molecule has 1 rings (SSSR count). The Morgan fingerprint density at radius 3 is 2.77 bits per heavy atom. The molecular weight excluding hydrogens is 194 g/mol. The highest BCUT2D eigenvalue weighted by Gasteiger charge is 2.13. The Morgan fingerprint density at radius 1 is 1.62 bits per heavy atom. The highest BCUT2D eigenvalue weighted by atomic mass is 32.1. The lowest BCUT2D eigenvalue weighted by Crippen LogP contribution is -2.06. The molecule has 0 radical (unpaired) electrons. The molecule has 0 N–H and O–H groups in total. The lowest BCUT2D eigenvalue weighted by molar-refractivity contribution is -0.385. The summed E-state index contributed by atoms with van der Waals surface area (Å²) >= 11 is 0.837. The van der Waals surface area contributed by atoms with Crippen molar-refractivity contribution >= 4 is 27.9 Å². The van der Waals surface area contributed by atoms with Crippen molar-refractivity contribution in [3.05, 3.63) is 10.1 Å². The van der Waals surface area contributed by atoms with Gasteiger partial charge in [0, 0.05) is 25.4 Å². The van der Waals surface area contributed by atoms with E-state index in [9.17, 15) is 10.1 Å². The average molecular weight is 201 g/mol. The van der Waals surface area contributed by atoms with Gasteiger partial charge in [0.25, 0.3) is 5.13 Å². The summed E-state index contributed by atoms with van der Waals surface area (Å²) in [5, 5.41) is 17.1. The predicted octanol–water partition coefficient (Wildman–Crippen LogP) is 0.668. The minimum Gasteiger partial charge on any atom is -0.369 e. The monoisotopic (exact) mass is 201 g/mol. The first kappa shape index (κ1) is 9.52. The van der Waals surface area contributed by atoms with Gasteiger partial charge >= 0.3 is 5.13 Å². The van der Waals surface area contributed by atoms with E-state index >= 15 is 0 Å². The molecule has 0 aliphatic heterocycles. The molecule has 0 spiro atoms. The summed E-state index contributed by atoms with van der Waals surface area (Å²) in [6.45, 7) is 0. The maximum Gasteiger partial charge on any atom is 0.452 e. The first-order valence-electron chi connectivity index (χ1n) is 3.28. The van der Waals surface area contributed by atoms with E-state index in [1.54, 1.807) is 19.0 Å². The zero-order chi connectivity index (χ0) is 9.84. The van der Waals surface area contributed by atoms with Gasteiger partial charge in [-0.1, -0.05) is 0 Å². The molecule has 13 heavy (non-hydrogen) atoms. The van der Waals surface area contributed by atoms with Crippen molar-refractivity contribution in [2.24, 2.45) is 4.99 Å². The maximum atomic E-state index is 10.2. The van der Waals surface area contributed by atoms with E-state index in [1.807, 2.05) is 0 Å². The van der Waals surface area contributed by atoms with Crippen molar-refractivity contribution in [1.29, 1.82) is 0 Å². The molecule has 0 saturated heterocycles. The molecule has 0 fully saturated rings. The molecule has 1 aromatic heterocycles. The summed E-state index contributed by atoms with van der Waals surface area (Å²) in [5.41, 5.74) is 0. The summed E-state index contributed by atoms with van der Waals surface area (Å²) < 4.78 is 0. The molecule has 0 unspecified atom stereocenters. The number of rotatable bonds is 3. The normalized spacial score (nSPS) is 10.6. The molecule has 0 aromatic carbocycles. The zero-order valence-electron chi connectivity index (χ0n) is 7.04. The maximum absolute atomic E-state index is 10.2. The van der Waals surface area contributed by atoms with Crippen molar-refractivity contribution in [2.75, 3.05) is 14.1 Å². The fourth-order valence-electron chi connectivity index (χ4n) is 0.499. The van der Waals surface area contributed by atoms with Crippen molar-refractivity contribution in [2.45, 2.75) is 0 Å². The van der Waals surface area contributed by atoms with Gasteiger partial charge in [-0.25, -0.2) is 4.99 Å². The Balaban J connectivity index is 2.75. The second kappa shape index (κ2) is 3.90. The van der Waals surface area contributed by atoms with E-state index in [0.29, 0.717) is 0 Å². The van der Waals surface area contributed by atoms with Gasteiger partial charge in [-0.2, -0.15) is 0 Å². The van der Waals surface area contributed by atoms with E-state index in [1.165, 1.54) is 6.34 Å². The van der Waals surface area contributed by atoms with Crippen LogP contribution in [0.15, 0.2) is 4.99 Å². The number of aliphatic imine (C=N–C) groups is 1. The third kappa shape index (κ3) is 2.75. The van der Waals surface area contributed by atoms with Crippen LogP contribution in [0.5, 0.6) is 0 Å². The Labute approximate surface area is 77.9 Å². The van der Waals surface area contributed by atoms with Crippen molar-refractivity contribution in [1.82, 2.24) is 15.1 Å². The molecule has 0 aliphatic rings. The van der Waals surface area contributed by atoms with Crippen molar-refractivity contribution < 1.29 is 4.92 Å². The summed E-state index contributed by atoms with van der Waals surface area (Å²) in [6.07, 6.45) is 1.50. The van der Waals surface area contributed by atoms with Crippen LogP contribution in [0.3, 0.4) is 0 Å². The molecule has 7 nitrogen and oxygen atoms in total. The third-order valence-corrected chi connectivity index (χ3v) is 1.74. The molecule has 0 saturated carbocycles. The van der Waals surface area contributed by atoms with Crippen LogP contribution in [-0.2, 0) is 0 Å². The van der Waals surface area contributed by atoms with Gasteiger partial charge in [0.1, 0.15) is 0 Å². The van der Waals surface area contributed by atoms with Gasteiger partial charge in [0.05, 0.1) is 11.4 Å². The highest BCUT2D eigenvalue weighted by molar-refractivity contribution is 7.18. The molecule has 8 heteroatoms. The van der Waals surface area contributed by atoms with Crippen molar-refractivity contribution in [3.63, 3.8) is 0 Å². The van der Waals surface area contributed by atoms with E-state index in [-0.39, 0.29) is 10.3 Å². The third-order valence-electron chi connectivity index (χ3n) is 0.959. The van der Waals surface area contributed by atoms with E-state index in [0.717, 1.165) is 11.3 Å². The van der Waals surface area contributed by atoms with E-state index < -0.39 is 4.92 Å². The van der Waals surface area contributed by atoms with Gasteiger partial charge in [-0.3, -0.25) is 0 Å². The Morgan fingerprint density at radius 2 is 2.31 bits per heavy atom. The van der Waals surface area contributed by atoms with Gasteiger partial charge < -0.3 is 15.0 Å². The van der Waals surface area contributed by atoms with E-state index in [4.69, 9.17) is 0 Å². The van der Waals surface area contributed by atoms with Crippen LogP contribution in [0, 0.1) is 10.1 Å². The van der Waals surface area contributed by atoms with Gasteiger partial charge in [0.2, 0.25) is 0 Å². The molecule has 70 valence electrons. The van der Waals surface area contributed by atoms with Crippen molar-refractivity contribution in [3.8, 4) is 0 Å². The molecule has 0 atom stereocenters. The SMILES string of the molecule is CN(C)C=Nc1nnc([N+](=O)[O-])s1. The van der Waals surface area contributed by atoms with Crippen LogP contribution in [-0.4, -0.2) is 40.5 Å². The lowest BCUT2D eigenvalue weighted by Gasteiger charge is -1.99. The summed E-state index contributed by atoms with van der Waals surface area (Å²) in [5.74, 6) is 0. The van der Waals surface area contributed by atoms with Gasteiger partial charge in [-0.05, 0) is 10.0 Å². The standard InChI is InChI=1S/C5H7N5O2S/c1-9(2)3-6-4-7-8-5(13-4)10(11)12/h3H,1-2H3. The van der Waals surface area contributed by atoms with Gasteiger partial charge in [-0.15, -0.1) is 0 Å². The first-order chi connectivity index (χ1) is 6.09. The number of hydrogen-bond acceptors (Lipinski definition) is 6. The minimum absolute atomic E-state index is 0.245. The lowest BCUT2D eigenvalue weighted by atomic mass is 10.9. The molecule has 1 heterocycles. The Bertz CT molecular complexity index is 333. The topological polar surface area (TPSA) is 84.5 Å². The molecular formula is C5H7N5O2S. The van der Waals surface area contributed by atoms with Crippen LogP contribution in [0.4, 0.5) is 10.3 Å². The average Bonchev–Trinajstić information content (AvgIpc) is 2.48. The fraction of sp³-hybridized carbons (Fsp3) is 0.400. The Hall–Kier alpha value is -1.57.